The maximum Gasteiger partial charge on any atom is 0.269 e. The lowest BCUT2D eigenvalue weighted by molar-refractivity contribution is 0.0935. The average Bonchev–Trinajstić information content (AvgIpc) is 3.10. The van der Waals surface area contributed by atoms with Crippen LogP contribution in [-0.4, -0.2) is 35.2 Å². The molecule has 1 aliphatic rings. The van der Waals surface area contributed by atoms with Crippen LogP contribution in [0.5, 0.6) is 0 Å². The molecule has 2 heterocycles. The molecule has 1 fully saturated rings. The zero-order valence-electron chi connectivity index (χ0n) is 11.4. The van der Waals surface area contributed by atoms with E-state index in [2.05, 4.69) is 20.8 Å². The molecule has 20 heavy (non-hydrogen) atoms. The van der Waals surface area contributed by atoms with Crippen LogP contribution in [-0.2, 0) is 0 Å². The van der Waals surface area contributed by atoms with E-state index in [1.165, 1.54) is 5.56 Å². The van der Waals surface area contributed by atoms with Gasteiger partial charge in [-0.3, -0.25) is 9.89 Å². The van der Waals surface area contributed by atoms with Crippen LogP contribution in [0.15, 0.2) is 30.3 Å². The molecule has 3 N–H and O–H groups in total. The third-order valence-electron chi connectivity index (χ3n) is 3.57. The summed E-state index contributed by atoms with van der Waals surface area (Å²) in [5, 5.41) is 13.2. The highest BCUT2D eigenvalue weighted by Gasteiger charge is 2.18. The van der Waals surface area contributed by atoms with Gasteiger partial charge in [0.15, 0.2) is 0 Å². The van der Waals surface area contributed by atoms with Crippen molar-refractivity contribution in [3.63, 3.8) is 0 Å². The molecule has 1 atom stereocenters. The molecule has 0 radical (unpaired) electrons. The van der Waals surface area contributed by atoms with Gasteiger partial charge in [-0.25, -0.2) is 0 Å². The minimum absolute atomic E-state index is 0.0930. The lowest BCUT2D eigenvalue weighted by Gasteiger charge is -2.09. The second-order valence-electron chi connectivity index (χ2n) is 5.20. The zero-order valence-corrected chi connectivity index (χ0v) is 11.4. The van der Waals surface area contributed by atoms with Gasteiger partial charge in [-0.15, -0.1) is 0 Å². The van der Waals surface area contributed by atoms with Gasteiger partial charge in [0.05, 0.1) is 5.69 Å². The van der Waals surface area contributed by atoms with E-state index in [0.29, 0.717) is 5.69 Å². The van der Waals surface area contributed by atoms with Crippen molar-refractivity contribution in [2.45, 2.75) is 19.4 Å². The summed E-state index contributed by atoms with van der Waals surface area (Å²) < 4.78 is 0. The van der Waals surface area contributed by atoms with Crippen LogP contribution in [0.3, 0.4) is 0 Å². The molecule has 1 amide bonds. The largest absolute Gasteiger partial charge is 0.347 e. The molecule has 0 aliphatic carbocycles. The molecular formula is C15H18N4O. The normalized spacial score (nSPS) is 18.1. The first-order valence-electron chi connectivity index (χ1n) is 6.86. The average molecular weight is 270 g/mol. The van der Waals surface area contributed by atoms with Crippen molar-refractivity contribution in [2.24, 2.45) is 0 Å². The number of H-pyrrole nitrogens is 1. The van der Waals surface area contributed by atoms with Crippen molar-refractivity contribution >= 4 is 5.91 Å². The van der Waals surface area contributed by atoms with Gasteiger partial charge in [0.2, 0.25) is 0 Å². The molecule has 0 saturated carbocycles. The molecule has 2 aromatic rings. The summed E-state index contributed by atoms with van der Waals surface area (Å²) >= 11 is 0. The highest BCUT2D eigenvalue weighted by molar-refractivity contribution is 5.93. The second kappa shape index (κ2) is 5.46. The van der Waals surface area contributed by atoms with Crippen LogP contribution in [0.25, 0.3) is 11.3 Å². The minimum Gasteiger partial charge on any atom is -0.347 e. The van der Waals surface area contributed by atoms with Gasteiger partial charge in [0.25, 0.3) is 5.91 Å². The van der Waals surface area contributed by atoms with Gasteiger partial charge in [-0.2, -0.15) is 5.10 Å². The van der Waals surface area contributed by atoms with Crippen LogP contribution < -0.4 is 10.6 Å². The fourth-order valence-electron chi connectivity index (χ4n) is 2.35. The van der Waals surface area contributed by atoms with E-state index in [9.17, 15) is 4.79 Å². The van der Waals surface area contributed by atoms with Crippen LogP contribution in [0.4, 0.5) is 0 Å². The Morgan fingerprint density at radius 2 is 2.15 bits per heavy atom. The van der Waals surface area contributed by atoms with Crippen molar-refractivity contribution in [1.29, 1.82) is 0 Å². The predicted molar refractivity (Wildman–Crippen MR) is 77.5 cm³/mol. The van der Waals surface area contributed by atoms with E-state index in [1.807, 2.05) is 31.2 Å². The van der Waals surface area contributed by atoms with Crippen LogP contribution >= 0.6 is 0 Å². The standard InChI is InChI=1S/C15H18N4O/c1-10-2-4-11(5-3-10)13-8-14(19-18-13)15(20)17-12-6-7-16-9-12/h2-5,8,12,16H,6-7,9H2,1H3,(H,17,20)(H,18,19). The first-order chi connectivity index (χ1) is 9.72. The van der Waals surface area contributed by atoms with Crippen LogP contribution in [0, 0.1) is 6.92 Å². The molecule has 1 aliphatic heterocycles. The molecule has 1 saturated heterocycles. The topological polar surface area (TPSA) is 69.8 Å². The molecule has 1 aromatic heterocycles. The molecule has 3 rings (SSSR count). The number of nitrogens with zero attached hydrogens (tertiary/aromatic N) is 1. The fraction of sp³-hybridized carbons (Fsp3) is 0.333. The van der Waals surface area contributed by atoms with E-state index >= 15 is 0 Å². The molecule has 0 spiro atoms. The summed E-state index contributed by atoms with van der Waals surface area (Å²) in [5.74, 6) is -0.0930. The first-order valence-corrected chi connectivity index (χ1v) is 6.86. The summed E-state index contributed by atoms with van der Waals surface area (Å²) in [7, 11) is 0. The van der Waals surface area contributed by atoms with Crippen LogP contribution in [0.1, 0.15) is 22.5 Å². The van der Waals surface area contributed by atoms with Crippen molar-refractivity contribution < 1.29 is 4.79 Å². The Morgan fingerprint density at radius 3 is 2.85 bits per heavy atom. The van der Waals surface area contributed by atoms with Crippen molar-refractivity contribution in [1.82, 2.24) is 20.8 Å². The molecule has 0 bridgehead atoms. The number of aromatic amines is 1. The third-order valence-corrected chi connectivity index (χ3v) is 3.57. The van der Waals surface area contributed by atoms with Gasteiger partial charge >= 0.3 is 0 Å². The minimum atomic E-state index is -0.0930. The number of hydrogen-bond donors (Lipinski definition) is 3. The van der Waals surface area contributed by atoms with E-state index in [0.717, 1.165) is 30.8 Å². The van der Waals surface area contributed by atoms with Crippen LogP contribution in [0.2, 0.25) is 0 Å². The van der Waals surface area contributed by atoms with Crippen molar-refractivity contribution in [2.75, 3.05) is 13.1 Å². The summed E-state index contributed by atoms with van der Waals surface area (Å²) in [4.78, 5) is 12.1. The van der Waals surface area contributed by atoms with Crippen molar-refractivity contribution in [3.05, 3.63) is 41.6 Å². The Kier molecular flexibility index (Phi) is 3.52. The molecule has 5 nitrogen and oxygen atoms in total. The third kappa shape index (κ3) is 2.72. The summed E-state index contributed by atoms with van der Waals surface area (Å²) in [5.41, 5.74) is 3.51. The van der Waals surface area contributed by atoms with E-state index in [4.69, 9.17) is 0 Å². The van der Waals surface area contributed by atoms with Gasteiger partial charge in [-0.05, 0) is 26.0 Å². The molecule has 5 heteroatoms. The zero-order chi connectivity index (χ0) is 13.9. The monoisotopic (exact) mass is 270 g/mol. The number of amides is 1. The number of aryl methyl sites for hydroxylation is 1. The molecule has 1 unspecified atom stereocenters. The highest BCUT2D eigenvalue weighted by Crippen LogP contribution is 2.18. The lowest BCUT2D eigenvalue weighted by atomic mass is 10.1. The predicted octanol–water partition coefficient (Wildman–Crippen LogP) is 1.48. The Labute approximate surface area is 117 Å². The number of benzene rings is 1. The molecule has 1 aromatic carbocycles. The first kappa shape index (κ1) is 12.9. The van der Waals surface area contributed by atoms with E-state index in [1.54, 1.807) is 6.07 Å². The highest BCUT2D eigenvalue weighted by atomic mass is 16.2. The molecular weight excluding hydrogens is 252 g/mol. The SMILES string of the molecule is Cc1ccc(-c2cc(C(=O)NC3CCNC3)[nH]n2)cc1. The lowest BCUT2D eigenvalue weighted by Crippen LogP contribution is -2.36. The maximum absolute atomic E-state index is 12.1. The Hall–Kier alpha value is -2.14. The van der Waals surface area contributed by atoms with Gasteiger partial charge < -0.3 is 10.6 Å². The van der Waals surface area contributed by atoms with Gasteiger partial charge in [0.1, 0.15) is 5.69 Å². The Bertz CT molecular complexity index is 597. The second-order valence-corrected chi connectivity index (χ2v) is 5.20. The number of rotatable bonds is 3. The Morgan fingerprint density at radius 1 is 1.35 bits per heavy atom. The summed E-state index contributed by atoms with van der Waals surface area (Å²) in [6.45, 7) is 3.84. The summed E-state index contributed by atoms with van der Waals surface area (Å²) in [6.07, 6.45) is 0.977. The fourth-order valence-corrected chi connectivity index (χ4v) is 2.35. The van der Waals surface area contributed by atoms with E-state index in [-0.39, 0.29) is 11.9 Å². The maximum atomic E-state index is 12.1. The van der Waals surface area contributed by atoms with E-state index < -0.39 is 0 Å². The van der Waals surface area contributed by atoms with Gasteiger partial charge in [-0.1, -0.05) is 29.8 Å². The molecule has 104 valence electrons. The quantitative estimate of drug-likeness (QED) is 0.791. The number of carbonyl (C=O) groups is 1. The number of nitrogens with one attached hydrogen (secondary N) is 3. The Balaban J connectivity index is 1.72. The smallest absolute Gasteiger partial charge is 0.269 e. The number of hydrogen-bond acceptors (Lipinski definition) is 3. The van der Waals surface area contributed by atoms with Gasteiger partial charge in [0, 0.05) is 18.2 Å². The number of aromatic nitrogens is 2. The number of carbonyl (C=O) groups excluding carboxylic acids is 1. The van der Waals surface area contributed by atoms with Crippen molar-refractivity contribution in [3.8, 4) is 11.3 Å². The summed E-state index contributed by atoms with van der Waals surface area (Å²) in [6, 6.07) is 10.1.